The van der Waals surface area contributed by atoms with Crippen molar-refractivity contribution in [3.63, 3.8) is 0 Å². The highest BCUT2D eigenvalue weighted by molar-refractivity contribution is 5.94. The topological polar surface area (TPSA) is 98.5 Å². The number of hydrogen-bond acceptors (Lipinski definition) is 6. The van der Waals surface area contributed by atoms with E-state index in [2.05, 4.69) is 10.3 Å². The Bertz CT molecular complexity index is 1100. The van der Waals surface area contributed by atoms with Gasteiger partial charge in [-0.2, -0.15) is 0 Å². The lowest BCUT2D eigenvalue weighted by Crippen LogP contribution is -2.13. The molecule has 0 atom stereocenters. The van der Waals surface area contributed by atoms with Crippen molar-refractivity contribution in [1.29, 1.82) is 0 Å². The van der Waals surface area contributed by atoms with Gasteiger partial charge >= 0.3 is 11.6 Å². The van der Waals surface area contributed by atoms with E-state index in [4.69, 9.17) is 9.15 Å². The number of hydrogen-bond donors (Lipinski definition) is 1. The molecule has 0 unspecified atom stereocenters. The summed E-state index contributed by atoms with van der Waals surface area (Å²) in [5.74, 6) is 0.112. The predicted molar refractivity (Wildman–Crippen MR) is 98.4 cm³/mol. The number of rotatable bonds is 4. The fraction of sp³-hybridized carbons (Fsp3) is 0.200. The Kier molecular flexibility index (Phi) is 4.19. The Hall–Kier alpha value is -3.48. The van der Waals surface area contributed by atoms with Crippen LogP contribution in [-0.4, -0.2) is 16.9 Å². The molecule has 1 saturated carbocycles. The molecule has 7 nitrogen and oxygen atoms in total. The fourth-order valence-corrected chi connectivity index (χ4v) is 2.69. The number of carbonyl (C=O) groups is 2. The van der Waals surface area contributed by atoms with Gasteiger partial charge in [-0.15, -0.1) is 0 Å². The number of carbonyl (C=O) groups excluding carboxylic acids is 2. The summed E-state index contributed by atoms with van der Waals surface area (Å²) >= 11 is 0. The van der Waals surface area contributed by atoms with E-state index in [0.717, 1.165) is 12.8 Å². The Morgan fingerprint density at radius 1 is 1.15 bits per heavy atom. The van der Waals surface area contributed by atoms with Crippen LogP contribution in [0.3, 0.4) is 0 Å². The van der Waals surface area contributed by atoms with E-state index in [1.54, 1.807) is 36.4 Å². The zero-order valence-electron chi connectivity index (χ0n) is 14.5. The maximum absolute atomic E-state index is 12.3. The standard InChI is InChI=1S/C20H16N2O5/c1-11(23)26-15-8-9-17-16(10-15)20(25)27-19(22-17)13-4-6-14(7-5-13)21-18(24)12-2-3-12/h4-10,12H,2-3H2,1H3,(H,21,24). The smallest absolute Gasteiger partial charge is 0.347 e. The number of benzene rings is 2. The maximum atomic E-state index is 12.3. The molecule has 136 valence electrons. The average Bonchev–Trinajstić information content (AvgIpc) is 3.47. The lowest BCUT2D eigenvalue weighted by Gasteiger charge is -2.06. The molecule has 4 rings (SSSR count). The molecule has 0 radical (unpaired) electrons. The molecule has 1 heterocycles. The van der Waals surface area contributed by atoms with Crippen molar-refractivity contribution in [2.45, 2.75) is 19.8 Å². The predicted octanol–water partition coefficient (Wildman–Crippen LogP) is 3.13. The zero-order chi connectivity index (χ0) is 19.0. The molecular weight excluding hydrogens is 348 g/mol. The van der Waals surface area contributed by atoms with Gasteiger partial charge in [-0.1, -0.05) is 0 Å². The van der Waals surface area contributed by atoms with Crippen LogP contribution in [0.1, 0.15) is 19.8 Å². The Balaban J connectivity index is 1.62. The van der Waals surface area contributed by atoms with Crippen LogP contribution in [0.25, 0.3) is 22.4 Å². The number of anilines is 1. The third-order valence-corrected chi connectivity index (χ3v) is 4.21. The molecule has 1 aliphatic rings. The van der Waals surface area contributed by atoms with Crippen molar-refractivity contribution < 1.29 is 18.7 Å². The summed E-state index contributed by atoms with van der Waals surface area (Å²) in [5, 5.41) is 3.08. The third-order valence-electron chi connectivity index (χ3n) is 4.21. The highest BCUT2D eigenvalue weighted by atomic mass is 16.5. The molecule has 1 amide bonds. The number of amides is 1. The summed E-state index contributed by atoms with van der Waals surface area (Å²) in [6.07, 6.45) is 1.88. The van der Waals surface area contributed by atoms with Gasteiger partial charge < -0.3 is 14.5 Å². The molecule has 0 aliphatic heterocycles. The summed E-state index contributed by atoms with van der Waals surface area (Å²) in [5.41, 5.74) is 1.16. The summed E-state index contributed by atoms with van der Waals surface area (Å²) in [7, 11) is 0. The number of nitrogens with one attached hydrogen (secondary N) is 1. The van der Waals surface area contributed by atoms with Gasteiger partial charge in [0, 0.05) is 24.1 Å². The van der Waals surface area contributed by atoms with E-state index < -0.39 is 11.6 Å². The summed E-state index contributed by atoms with van der Waals surface area (Å²) in [4.78, 5) is 39.5. The van der Waals surface area contributed by atoms with Crippen LogP contribution in [-0.2, 0) is 9.59 Å². The quantitative estimate of drug-likeness (QED) is 0.564. The lowest BCUT2D eigenvalue weighted by atomic mass is 10.2. The molecule has 1 aliphatic carbocycles. The highest BCUT2D eigenvalue weighted by Crippen LogP contribution is 2.30. The Labute approximate surface area is 154 Å². The van der Waals surface area contributed by atoms with Gasteiger partial charge in [0.25, 0.3) is 0 Å². The van der Waals surface area contributed by atoms with Crippen LogP contribution < -0.4 is 15.7 Å². The molecule has 2 aromatic carbocycles. The molecule has 3 aromatic rings. The second-order valence-electron chi connectivity index (χ2n) is 6.42. The maximum Gasteiger partial charge on any atom is 0.347 e. The Morgan fingerprint density at radius 2 is 1.89 bits per heavy atom. The second-order valence-corrected chi connectivity index (χ2v) is 6.42. The first-order valence-electron chi connectivity index (χ1n) is 8.54. The molecule has 0 spiro atoms. The first-order chi connectivity index (χ1) is 13.0. The van der Waals surface area contributed by atoms with Crippen LogP contribution >= 0.6 is 0 Å². The number of nitrogens with zero attached hydrogens (tertiary/aromatic N) is 1. The zero-order valence-corrected chi connectivity index (χ0v) is 14.5. The molecule has 1 aromatic heterocycles. The van der Waals surface area contributed by atoms with Gasteiger partial charge in [-0.05, 0) is 55.3 Å². The van der Waals surface area contributed by atoms with Gasteiger partial charge in [0.15, 0.2) is 0 Å². The van der Waals surface area contributed by atoms with Crippen LogP contribution in [0.5, 0.6) is 5.75 Å². The normalized spacial score (nSPS) is 13.4. The van der Waals surface area contributed by atoms with Crippen molar-refractivity contribution in [3.8, 4) is 17.2 Å². The van der Waals surface area contributed by atoms with Crippen LogP contribution in [0.4, 0.5) is 5.69 Å². The van der Waals surface area contributed by atoms with Crippen LogP contribution in [0.15, 0.2) is 51.7 Å². The molecule has 1 N–H and O–H groups in total. The number of aromatic nitrogens is 1. The van der Waals surface area contributed by atoms with E-state index in [1.165, 1.54) is 13.0 Å². The second kappa shape index (κ2) is 6.68. The number of ether oxygens (including phenoxy) is 1. The SMILES string of the molecule is CC(=O)Oc1ccc2nc(-c3ccc(NC(=O)C4CC4)cc3)oc(=O)c2c1. The minimum absolute atomic E-state index is 0.0293. The molecule has 1 fully saturated rings. The first kappa shape index (κ1) is 17.0. The van der Waals surface area contributed by atoms with E-state index in [1.807, 2.05) is 0 Å². The fourth-order valence-electron chi connectivity index (χ4n) is 2.69. The number of esters is 1. The largest absolute Gasteiger partial charge is 0.427 e. The van der Waals surface area contributed by atoms with E-state index >= 15 is 0 Å². The van der Waals surface area contributed by atoms with E-state index in [9.17, 15) is 14.4 Å². The van der Waals surface area contributed by atoms with Gasteiger partial charge in [0.2, 0.25) is 11.8 Å². The van der Waals surface area contributed by atoms with Crippen molar-refractivity contribution >= 4 is 28.5 Å². The van der Waals surface area contributed by atoms with Crippen LogP contribution in [0.2, 0.25) is 0 Å². The van der Waals surface area contributed by atoms with Crippen molar-refractivity contribution in [3.05, 3.63) is 52.9 Å². The first-order valence-corrected chi connectivity index (χ1v) is 8.54. The molecule has 27 heavy (non-hydrogen) atoms. The molecule has 0 saturated heterocycles. The molecular formula is C20H16N2O5. The minimum Gasteiger partial charge on any atom is -0.427 e. The van der Waals surface area contributed by atoms with Gasteiger partial charge in [-0.3, -0.25) is 9.59 Å². The van der Waals surface area contributed by atoms with E-state index in [-0.39, 0.29) is 28.9 Å². The summed E-state index contributed by atoms with van der Waals surface area (Å²) in [6.45, 7) is 1.28. The molecule has 7 heteroatoms. The van der Waals surface area contributed by atoms with Crippen molar-refractivity contribution in [2.75, 3.05) is 5.32 Å². The monoisotopic (exact) mass is 364 g/mol. The van der Waals surface area contributed by atoms with Crippen molar-refractivity contribution in [1.82, 2.24) is 4.98 Å². The highest BCUT2D eigenvalue weighted by Gasteiger charge is 2.29. The summed E-state index contributed by atoms with van der Waals surface area (Å²) in [6, 6.07) is 11.5. The van der Waals surface area contributed by atoms with Gasteiger partial charge in [-0.25, -0.2) is 9.78 Å². The average molecular weight is 364 g/mol. The number of fused-ring (bicyclic) bond motifs is 1. The minimum atomic E-state index is -0.574. The van der Waals surface area contributed by atoms with Gasteiger partial charge in [0.05, 0.1) is 10.9 Å². The van der Waals surface area contributed by atoms with Gasteiger partial charge in [0.1, 0.15) is 5.75 Å². The Morgan fingerprint density at radius 3 is 2.56 bits per heavy atom. The van der Waals surface area contributed by atoms with Crippen LogP contribution in [0, 0.1) is 5.92 Å². The van der Waals surface area contributed by atoms with Crippen molar-refractivity contribution in [2.24, 2.45) is 5.92 Å². The lowest BCUT2D eigenvalue weighted by molar-refractivity contribution is -0.131. The third kappa shape index (κ3) is 3.72. The molecule has 0 bridgehead atoms. The summed E-state index contributed by atoms with van der Waals surface area (Å²) < 4.78 is 10.3. The van der Waals surface area contributed by atoms with E-state index in [0.29, 0.717) is 16.8 Å².